The summed E-state index contributed by atoms with van der Waals surface area (Å²) in [6.45, 7) is 5.66. The zero-order valence-electron chi connectivity index (χ0n) is 11.7. The van der Waals surface area contributed by atoms with Gasteiger partial charge in [0.1, 0.15) is 0 Å². The van der Waals surface area contributed by atoms with Gasteiger partial charge in [-0.05, 0) is 31.5 Å². The summed E-state index contributed by atoms with van der Waals surface area (Å²) in [5, 5.41) is 3.35. The average Bonchev–Trinajstić information content (AvgIpc) is 2.79. The minimum atomic E-state index is 0.511. The Balaban J connectivity index is 2.30. The molecule has 1 rings (SSSR count). The molecule has 0 bridgehead atoms. The number of unbranched alkanes of at least 4 members (excludes halogenated alkanes) is 4. The van der Waals surface area contributed by atoms with Crippen LogP contribution < -0.4 is 5.32 Å². The molecule has 0 radical (unpaired) electrons. The first-order valence-electron chi connectivity index (χ1n) is 7.14. The first-order chi connectivity index (χ1) is 8.31. The van der Waals surface area contributed by atoms with Crippen LogP contribution in [0.5, 0.6) is 0 Å². The van der Waals surface area contributed by atoms with Crippen molar-refractivity contribution in [2.45, 2.75) is 65.0 Å². The topological polar surface area (TPSA) is 17.0 Å². The van der Waals surface area contributed by atoms with E-state index in [-0.39, 0.29) is 0 Å². The molecule has 0 spiro atoms. The number of aryl methyl sites for hydroxylation is 1. The highest BCUT2D eigenvalue weighted by Crippen LogP contribution is 2.16. The SMILES string of the molecule is CCCCCCCn1ccc(C(CC)NC)c1. The fraction of sp³-hybridized carbons (Fsp3) is 0.733. The van der Waals surface area contributed by atoms with Crippen LogP contribution >= 0.6 is 0 Å². The molecule has 0 aliphatic rings. The normalized spacial score (nSPS) is 12.9. The second-order valence-electron chi connectivity index (χ2n) is 4.85. The Morgan fingerprint density at radius 3 is 2.59 bits per heavy atom. The fourth-order valence-electron chi connectivity index (χ4n) is 2.31. The summed E-state index contributed by atoms with van der Waals surface area (Å²) in [6.07, 6.45) is 12.4. The van der Waals surface area contributed by atoms with Gasteiger partial charge in [-0.2, -0.15) is 0 Å². The van der Waals surface area contributed by atoms with Crippen molar-refractivity contribution < 1.29 is 0 Å². The monoisotopic (exact) mass is 236 g/mol. The number of hydrogen-bond acceptors (Lipinski definition) is 1. The lowest BCUT2D eigenvalue weighted by molar-refractivity contribution is 0.558. The second-order valence-corrected chi connectivity index (χ2v) is 4.85. The van der Waals surface area contributed by atoms with Gasteiger partial charge in [0.15, 0.2) is 0 Å². The number of nitrogens with zero attached hydrogens (tertiary/aromatic N) is 1. The third kappa shape index (κ3) is 4.95. The molecule has 1 unspecified atom stereocenters. The summed E-state index contributed by atoms with van der Waals surface area (Å²) in [6, 6.07) is 2.76. The van der Waals surface area contributed by atoms with Crippen molar-refractivity contribution in [3.05, 3.63) is 24.0 Å². The van der Waals surface area contributed by atoms with Crippen molar-refractivity contribution in [1.82, 2.24) is 9.88 Å². The molecule has 0 saturated heterocycles. The van der Waals surface area contributed by atoms with Gasteiger partial charge in [-0.25, -0.2) is 0 Å². The van der Waals surface area contributed by atoms with Gasteiger partial charge >= 0.3 is 0 Å². The van der Waals surface area contributed by atoms with Crippen molar-refractivity contribution in [2.75, 3.05) is 7.05 Å². The predicted molar refractivity (Wildman–Crippen MR) is 75.3 cm³/mol. The molecule has 2 heteroatoms. The molecular formula is C15H28N2. The summed E-state index contributed by atoms with van der Waals surface area (Å²) < 4.78 is 2.33. The molecule has 1 aromatic rings. The molecule has 0 aliphatic heterocycles. The summed E-state index contributed by atoms with van der Waals surface area (Å²) in [5.41, 5.74) is 1.42. The Hall–Kier alpha value is -0.760. The van der Waals surface area contributed by atoms with E-state index in [1.54, 1.807) is 0 Å². The van der Waals surface area contributed by atoms with E-state index in [1.807, 2.05) is 7.05 Å². The summed E-state index contributed by atoms with van der Waals surface area (Å²) in [5.74, 6) is 0. The Morgan fingerprint density at radius 1 is 1.18 bits per heavy atom. The van der Waals surface area contributed by atoms with E-state index < -0.39 is 0 Å². The van der Waals surface area contributed by atoms with E-state index >= 15 is 0 Å². The Kier molecular flexibility index (Phi) is 7.02. The highest BCUT2D eigenvalue weighted by atomic mass is 14.9. The first kappa shape index (κ1) is 14.3. The van der Waals surface area contributed by atoms with Crippen LogP contribution in [0.3, 0.4) is 0 Å². The molecule has 1 atom stereocenters. The van der Waals surface area contributed by atoms with Crippen LogP contribution in [0.4, 0.5) is 0 Å². The standard InChI is InChI=1S/C15H28N2/c1-4-6-7-8-9-11-17-12-10-14(13-17)15(5-2)16-3/h10,12-13,15-16H,4-9,11H2,1-3H3. The van der Waals surface area contributed by atoms with Crippen LogP contribution in [-0.4, -0.2) is 11.6 Å². The lowest BCUT2D eigenvalue weighted by atomic mass is 10.1. The van der Waals surface area contributed by atoms with Gasteiger partial charge in [0.05, 0.1) is 0 Å². The molecule has 98 valence electrons. The van der Waals surface area contributed by atoms with Crippen LogP contribution in [0.2, 0.25) is 0 Å². The Labute approximate surface area is 106 Å². The molecule has 1 aromatic heterocycles. The van der Waals surface area contributed by atoms with Gasteiger partial charge in [-0.1, -0.05) is 39.5 Å². The van der Waals surface area contributed by atoms with Crippen molar-refractivity contribution in [1.29, 1.82) is 0 Å². The van der Waals surface area contributed by atoms with Crippen molar-refractivity contribution in [3.63, 3.8) is 0 Å². The highest BCUT2D eigenvalue weighted by molar-refractivity contribution is 5.15. The molecule has 1 N–H and O–H groups in total. The molecule has 0 aliphatic carbocycles. The van der Waals surface area contributed by atoms with Crippen molar-refractivity contribution in [2.24, 2.45) is 0 Å². The van der Waals surface area contributed by atoms with E-state index in [4.69, 9.17) is 0 Å². The Bertz CT molecular complexity index is 287. The Morgan fingerprint density at radius 2 is 1.94 bits per heavy atom. The molecular weight excluding hydrogens is 208 g/mol. The van der Waals surface area contributed by atoms with Crippen LogP contribution in [0.25, 0.3) is 0 Å². The number of aromatic nitrogens is 1. The maximum atomic E-state index is 3.35. The van der Waals surface area contributed by atoms with Gasteiger partial charge in [0.25, 0.3) is 0 Å². The number of nitrogens with one attached hydrogen (secondary N) is 1. The van der Waals surface area contributed by atoms with Gasteiger partial charge in [0.2, 0.25) is 0 Å². The minimum Gasteiger partial charge on any atom is -0.354 e. The lowest BCUT2D eigenvalue weighted by Gasteiger charge is -2.11. The predicted octanol–water partition coefficient (Wildman–Crippen LogP) is 4.13. The lowest BCUT2D eigenvalue weighted by Crippen LogP contribution is -2.14. The van der Waals surface area contributed by atoms with Crippen LogP contribution in [0.1, 0.15) is 64.0 Å². The quantitative estimate of drug-likeness (QED) is 0.638. The third-order valence-corrected chi connectivity index (χ3v) is 3.45. The van der Waals surface area contributed by atoms with Crippen LogP contribution in [0.15, 0.2) is 18.5 Å². The average molecular weight is 236 g/mol. The second kappa shape index (κ2) is 8.35. The van der Waals surface area contributed by atoms with Gasteiger partial charge in [0, 0.05) is 25.0 Å². The molecule has 1 heterocycles. The van der Waals surface area contributed by atoms with E-state index in [1.165, 1.54) is 44.2 Å². The van der Waals surface area contributed by atoms with E-state index in [0.717, 1.165) is 6.42 Å². The van der Waals surface area contributed by atoms with Gasteiger partial charge in [-0.15, -0.1) is 0 Å². The first-order valence-corrected chi connectivity index (χ1v) is 7.14. The number of hydrogen-bond donors (Lipinski definition) is 1. The summed E-state index contributed by atoms with van der Waals surface area (Å²) in [7, 11) is 2.04. The zero-order chi connectivity index (χ0) is 12.5. The molecule has 0 fully saturated rings. The van der Waals surface area contributed by atoms with Gasteiger partial charge < -0.3 is 9.88 Å². The van der Waals surface area contributed by atoms with E-state index in [9.17, 15) is 0 Å². The maximum Gasteiger partial charge on any atom is 0.0329 e. The molecule has 0 amide bonds. The summed E-state index contributed by atoms with van der Waals surface area (Å²) in [4.78, 5) is 0. The minimum absolute atomic E-state index is 0.511. The smallest absolute Gasteiger partial charge is 0.0329 e. The van der Waals surface area contributed by atoms with Crippen molar-refractivity contribution in [3.8, 4) is 0 Å². The van der Waals surface area contributed by atoms with E-state index in [2.05, 4.69) is 42.2 Å². The third-order valence-electron chi connectivity index (χ3n) is 3.45. The summed E-state index contributed by atoms with van der Waals surface area (Å²) >= 11 is 0. The van der Waals surface area contributed by atoms with E-state index in [0.29, 0.717) is 6.04 Å². The zero-order valence-corrected chi connectivity index (χ0v) is 11.7. The van der Waals surface area contributed by atoms with Crippen LogP contribution in [0, 0.1) is 0 Å². The van der Waals surface area contributed by atoms with Crippen LogP contribution in [-0.2, 0) is 6.54 Å². The maximum absolute atomic E-state index is 3.35. The number of rotatable bonds is 9. The van der Waals surface area contributed by atoms with Crippen molar-refractivity contribution >= 4 is 0 Å². The molecule has 2 nitrogen and oxygen atoms in total. The van der Waals surface area contributed by atoms with Gasteiger partial charge in [-0.3, -0.25) is 0 Å². The fourth-order valence-corrected chi connectivity index (χ4v) is 2.31. The highest BCUT2D eigenvalue weighted by Gasteiger charge is 2.07. The molecule has 0 saturated carbocycles. The molecule has 0 aromatic carbocycles. The largest absolute Gasteiger partial charge is 0.354 e. The molecule has 17 heavy (non-hydrogen) atoms.